The highest BCUT2D eigenvalue weighted by molar-refractivity contribution is 6.00. The molecule has 3 heterocycles. The number of nitrogens with zero attached hydrogens (tertiary/aromatic N) is 7. The Balaban J connectivity index is 1.34. The molecule has 1 aliphatic heterocycles. The van der Waals surface area contributed by atoms with Crippen LogP contribution in [0.3, 0.4) is 0 Å². The van der Waals surface area contributed by atoms with Crippen LogP contribution >= 0.6 is 0 Å². The molecule has 3 aliphatic carbocycles. The van der Waals surface area contributed by atoms with Gasteiger partial charge in [-0.15, -0.1) is 10.2 Å². The number of benzene rings is 1. The molecule has 0 atom stereocenters. The lowest BCUT2D eigenvalue weighted by molar-refractivity contribution is -0.113. The van der Waals surface area contributed by atoms with Gasteiger partial charge in [0.05, 0.1) is 24.0 Å². The second-order valence-corrected chi connectivity index (χ2v) is 9.59. The van der Waals surface area contributed by atoms with Crippen molar-refractivity contribution in [3.63, 3.8) is 0 Å². The molecule has 2 aromatic heterocycles. The average Bonchev–Trinajstić information content (AvgIpc) is 3.42. The van der Waals surface area contributed by atoms with Gasteiger partial charge in [-0.2, -0.15) is 5.10 Å². The summed E-state index contributed by atoms with van der Waals surface area (Å²) in [7, 11) is 4.88. The standard InChI is InChI=1S/C24H27N9O3/c1-25-22(34)19-17(27-16-6-4-5-15(20(16)36-3)21-26-13-31(2)30-21)9-18(28-29-19)32-7-8-33(23(32)35)24-10-14(11-24)12-24/h4-6,9,13-14H,7-8,10-12H2,1-3H3,(H,25,34)(H,27,28). The van der Waals surface area contributed by atoms with E-state index in [1.165, 1.54) is 7.05 Å². The van der Waals surface area contributed by atoms with Gasteiger partial charge in [0.2, 0.25) is 0 Å². The van der Waals surface area contributed by atoms with Crippen LogP contribution in [0.1, 0.15) is 29.8 Å². The number of carbonyl (C=O) groups is 2. The van der Waals surface area contributed by atoms with Crippen molar-refractivity contribution in [3.8, 4) is 17.1 Å². The number of para-hydroxylation sites is 1. The van der Waals surface area contributed by atoms with E-state index in [4.69, 9.17) is 4.74 Å². The van der Waals surface area contributed by atoms with Crippen LogP contribution in [0.25, 0.3) is 11.4 Å². The van der Waals surface area contributed by atoms with E-state index in [1.54, 1.807) is 36.1 Å². The Morgan fingerprint density at radius 1 is 1.17 bits per heavy atom. The summed E-state index contributed by atoms with van der Waals surface area (Å²) >= 11 is 0. The average molecular weight is 490 g/mol. The summed E-state index contributed by atoms with van der Waals surface area (Å²) < 4.78 is 7.31. The quantitative estimate of drug-likeness (QED) is 0.516. The minimum absolute atomic E-state index is 0.0420. The van der Waals surface area contributed by atoms with E-state index >= 15 is 0 Å². The molecule has 1 saturated heterocycles. The van der Waals surface area contributed by atoms with Gasteiger partial charge in [-0.25, -0.2) is 9.78 Å². The van der Waals surface area contributed by atoms with Crippen LogP contribution in [0.15, 0.2) is 30.6 Å². The molecule has 186 valence electrons. The minimum Gasteiger partial charge on any atom is -0.494 e. The molecule has 0 unspecified atom stereocenters. The van der Waals surface area contributed by atoms with E-state index in [1.807, 2.05) is 23.1 Å². The lowest BCUT2D eigenvalue weighted by Crippen LogP contribution is -2.68. The molecule has 3 saturated carbocycles. The SMILES string of the molecule is CNC(=O)c1nnc(N2CCN(C34CC(C3)C4)C2=O)cc1Nc1cccc(-c2ncn(C)n2)c1OC. The first-order valence-corrected chi connectivity index (χ1v) is 11.9. The topological polar surface area (TPSA) is 130 Å². The molecule has 12 heteroatoms. The van der Waals surface area contributed by atoms with Gasteiger partial charge in [-0.05, 0) is 37.3 Å². The van der Waals surface area contributed by atoms with Crippen LogP contribution < -0.4 is 20.3 Å². The van der Waals surface area contributed by atoms with Gasteiger partial charge in [0, 0.05) is 38.8 Å². The smallest absolute Gasteiger partial charge is 0.326 e. The molecule has 0 spiro atoms. The van der Waals surface area contributed by atoms with Gasteiger partial charge in [0.1, 0.15) is 6.33 Å². The number of aromatic nitrogens is 5. The normalized spacial score (nSPS) is 22.2. The Kier molecular flexibility index (Phi) is 5.06. The van der Waals surface area contributed by atoms with Crippen molar-refractivity contribution >= 4 is 29.1 Å². The molecular formula is C24H27N9O3. The van der Waals surface area contributed by atoms with E-state index in [9.17, 15) is 9.59 Å². The van der Waals surface area contributed by atoms with Crippen LogP contribution in [0.2, 0.25) is 0 Å². The van der Waals surface area contributed by atoms with Crippen LogP contribution in [0.4, 0.5) is 22.0 Å². The largest absolute Gasteiger partial charge is 0.494 e. The molecule has 1 aromatic carbocycles. The van der Waals surface area contributed by atoms with Gasteiger partial charge in [0.25, 0.3) is 5.91 Å². The van der Waals surface area contributed by atoms with Gasteiger partial charge in [-0.1, -0.05) is 6.07 Å². The van der Waals surface area contributed by atoms with E-state index in [2.05, 4.69) is 30.9 Å². The number of methoxy groups -OCH3 is 1. The van der Waals surface area contributed by atoms with Crippen molar-refractivity contribution in [2.24, 2.45) is 13.0 Å². The minimum atomic E-state index is -0.402. The zero-order valence-electron chi connectivity index (χ0n) is 20.4. The second kappa shape index (κ2) is 8.18. The highest BCUT2D eigenvalue weighted by Gasteiger charge is 2.62. The first-order valence-electron chi connectivity index (χ1n) is 11.9. The predicted octanol–water partition coefficient (Wildman–Crippen LogP) is 2.18. The second-order valence-electron chi connectivity index (χ2n) is 9.59. The molecule has 12 nitrogen and oxygen atoms in total. The fraction of sp³-hybridized carbons (Fsp3) is 0.417. The molecule has 2 N–H and O–H groups in total. The van der Waals surface area contributed by atoms with Crippen molar-refractivity contribution in [3.05, 3.63) is 36.3 Å². The predicted molar refractivity (Wildman–Crippen MR) is 131 cm³/mol. The third kappa shape index (κ3) is 3.35. The Morgan fingerprint density at radius 3 is 2.61 bits per heavy atom. The maximum Gasteiger partial charge on any atom is 0.326 e. The number of nitrogens with one attached hydrogen (secondary N) is 2. The first-order chi connectivity index (χ1) is 17.4. The Labute approximate surface area is 207 Å². The molecule has 3 aromatic rings. The van der Waals surface area contributed by atoms with E-state index in [0.29, 0.717) is 47.4 Å². The number of amides is 3. The van der Waals surface area contributed by atoms with Gasteiger partial charge in [0.15, 0.2) is 23.1 Å². The van der Waals surface area contributed by atoms with Gasteiger partial charge >= 0.3 is 6.03 Å². The summed E-state index contributed by atoms with van der Waals surface area (Å²) in [6.07, 6.45) is 4.91. The van der Waals surface area contributed by atoms with E-state index in [0.717, 1.165) is 25.2 Å². The highest BCUT2D eigenvalue weighted by Crippen LogP contribution is 2.61. The molecule has 4 fully saturated rings. The Bertz CT molecular complexity index is 1350. The van der Waals surface area contributed by atoms with Crippen molar-refractivity contribution < 1.29 is 14.3 Å². The first kappa shape index (κ1) is 22.3. The maximum atomic E-state index is 13.3. The van der Waals surface area contributed by atoms with Crippen molar-refractivity contribution in [2.75, 3.05) is 37.5 Å². The van der Waals surface area contributed by atoms with Crippen molar-refractivity contribution in [1.29, 1.82) is 0 Å². The summed E-state index contributed by atoms with van der Waals surface area (Å²) in [5, 5.41) is 18.7. The summed E-state index contributed by atoms with van der Waals surface area (Å²) in [6.45, 7) is 1.20. The lowest BCUT2D eigenvalue weighted by Gasteiger charge is -2.65. The van der Waals surface area contributed by atoms with Crippen molar-refractivity contribution in [2.45, 2.75) is 24.8 Å². The number of anilines is 3. The van der Waals surface area contributed by atoms with Crippen LogP contribution in [0.5, 0.6) is 5.75 Å². The molecule has 36 heavy (non-hydrogen) atoms. The molecule has 4 aliphatic rings. The fourth-order valence-corrected chi connectivity index (χ4v) is 5.49. The number of ether oxygens (including phenoxy) is 1. The number of urea groups is 1. The zero-order valence-corrected chi connectivity index (χ0v) is 20.4. The lowest BCUT2D eigenvalue weighted by atomic mass is 9.49. The van der Waals surface area contributed by atoms with Crippen LogP contribution in [-0.2, 0) is 7.05 Å². The molecule has 3 amide bonds. The number of rotatable bonds is 7. The monoisotopic (exact) mass is 489 g/mol. The number of aryl methyl sites for hydroxylation is 1. The van der Waals surface area contributed by atoms with E-state index in [-0.39, 0.29) is 17.3 Å². The number of hydrogen-bond donors (Lipinski definition) is 2. The zero-order chi connectivity index (χ0) is 25.0. The van der Waals surface area contributed by atoms with E-state index < -0.39 is 5.91 Å². The van der Waals surface area contributed by atoms with Gasteiger partial charge < -0.3 is 20.3 Å². The Hall–Kier alpha value is -4.22. The highest BCUT2D eigenvalue weighted by atomic mass is 16.5. The Morgan fingerprint density at radius 2 is 1.97 bits per heavy atom. The molecule has 7 rings (SSSR count). The summed E-state index contributed by atoms with van der Waals surface area (Å²) in [6, 6.07) is 7.16. The maximum absolute atomic E-state index is 13.3. The molecule has 0 radical (unpaired) electrons. The summed E-state index contributed by atoms with van der Waals surface area (Å²) in [5.41, 5.74) is 1.83. The van der Waals surface area contributed by atoms with Crippen molar-refractivity contribution in [1.82, 2.24) is 35.2 Å². The fourth-order valence-electron chi connectivity index (χ4n) is 5.49. The number of carbonyl (C=O) groups excluding carboxylic acids is 2. The molecular weight excluding hydrogens is 462 g/mol. The molecule has 2 bridgehead atoms. The van der Waals surface area contributed by atoms with Crippen LogP contribution in [-0.4, -0.2) is 74.6 Å². The van der Waals surface area contributed by atoms with Crippen LogP contribution in [0, 0.1) is 5.92 Å². The third-order valence-electron chi connectivity index (χ3n) is 7.42. The number of hydrogen-bond acceptors (Lipinski definition) is 8. The summed E-state index contributed by atoms with van der Waals surface area (Å²) in [5.74, 6) is 1.79. The third-order valence-corrected chi connectivity index (χ3v) is 7.42. The van der Waals surface area contributed by atoms with Gasteiger partial charge in [-0.3, -0.25) is 14.4 Å². The summed E-state index contributed by atoms with van der Waals surface area (Å²) in [4.78, 5) is 33.8.